The molecule has 0 unspecified atom stereocenters. The highest BCUT2D eigenvalue weighted by molar-refractivity contribution is 9.10. The van der Waals surface area contributed by atoms with Crippen LogP contribution in [0.15, 0.2) is 22.7 Å². The van der Waals surface area contributed by atoms with Crippen LogP contribution in [0.25, 0.3) is 0 Å². The Morgan fingerprint density at radius 1 is 1.47 bits per heavy atom. The Hall–Kier alpha value is -1.01. The van der Waals surface area contributed by atoms with Crippen LogP contribution in [0.4, 0.5) is 5.69 Å². The largest absolute Gasteiger partial charge is 0.384 e. The predicted molar refractivity (Wildman–Crippen MR) is 73.9 cm³/mol. The van der Waals surface area contributed by atoms with Crippen molar-refractivity contribution in [1.82, 2.24) is 0 Å². The average molecular weight is 293 g/mol. The van der Waals surface area contributed by atoms with Gasteiger partial charge < -0.3 is 5.32 Å². The van der Waals surface area contributed by atoms with E-state index >= 15 is 0 Å². The van der Waals surface area contributed by atoms with Gasteiger partial charge in [-0.2, -0.15) is 5.26 Å². The van der Waals surface area contributed by atoms with Crippen LogP contribution >= 0.6 is 15.9 Å². The van der Waals surface area contributed by atoms with Crippen LogP contribution in [0, 0.1) is 22.7 Å². The van der Waals surface area contributed by atoms with Crippen molar-refractivity contribution in [2.75, 3.05) is 11.9 Å². The van der Waals surface area contributed by atoms with Gasteiger partial charge in [0.2, 0.25) is 0 Å². The SMILES string of the molecule is CC(C)C1(CNc2ccc(C#N)cc2Br)CC1. The van der Waals surface area contributed by atoms with Gasteiger partial charge in [0, 0.05) is 16.7 Å². The molecule has 1 aromatic carbocycles. The lowest BCUT2D eigenvalue weighted by Crippen LogP contribution is -2.21. The van der Waals surface area contributed by atoms with Gasteiger partial charge in [-0.25, -0.2) is 0 Å². The highest BCUT2D eigenvalue weighted by atomic mass is 79.9. The number of benzene rings is 1. The average Bonchev–Trinajstić information content (AvgIpc) is 3.08. The maximum atomic E-state index is 8.80. The Morgan fingerprint density at radius 3 is 2.65 bits per heavy atom. The normalized spacial score (nSPS) is 16.6. The molecule has 0 bridgehead atoms. The minimum atomic E-state index is 0.493. The molecule has 2 nitrogen and oxygen atoms in total. The minimum Gasteiger partial charge on any atom is -0.384 e. The van der Waals surface area contributed by atoms with Crippen molar-refractivity contribution in [3.63, 3.8) is 0 Å². The van der Waals surface area contributed by atoms with Gasteiger partial charge >= 0.3 is 0 Å². The number of nitrogens with one attached hydrogen (secondary N) is 1. The maximum Gasteiger partial charge on any atom is 0.0992 e. The second-order valence-electron chi connectivity index (χ2n) is 5.18. The monoisotopic (exact) mass is 292 g/mol. The second kappa shape index (κ2) is 4.70. The van der Waals surface area contributed by atoms with E-state index in [0.717, 1.165) is 22.6 Å². The first-order chi connectivity index (χ1) is 8.07. The van der Waals surface area contributed by atoms with Crippen LogP contribution in [0.3, 0.4) is 0 Å². The van der Waals surface area contributed by atoms with Crippen molar-refractivity contribution in [2.24, 2.45) is 11.3 Å². The standard InChI is InChI=1S/C14H17BrN2/c1-10(2)14(5-6-14)9-17-13-4-3-11(8-16)7-12(13)15/h3-4,7,10,17H,5-6,9H2,1-2H3. The number of hydrogen-bond donors (Lipinski definition) is 1. The molecule has 0 atom stereocenters. The molecular weight excluding hydrogens is 276 g/mol. The number of rotatable bonds is 4. The third-order valence-electron chi connectivity index (χ3n) is 3.85. The summed E-state index contributed by atoms with van der Waals surface area (Å²) in [6, 6.07) is 7.82. The van der Waals surface area contributed by atoms with Gasteiger partial charge in [-0.05, 0) is 58.3 Å². The van der Waals surface area contributed by atoms with Crippen LogP contribution < -0.4 is 5.32 Å². The molecule has 90 valence electrons. The first kappa shape index (κ1) is 12.4. The van der Waals surface area contributed by atoms with Gasteiger partial charge in [0.05, 0.1) is 11.6 Å². The third-order valence-corrected chi connectivity index (χ3v) is 4.50. The molecule has 0 radical (unpaired) electrons. The molecule has 1 aliphatic carbocycles. The summed E-state index contributed by atoms with van der Waals surface area (Å²) in [5.41, 5.74) is 2.26. The van der Waals surface area contributed by atoms with Crippen LogP contribution in [0.2, 0.25) is 0 Å². The Bertz CT molecular complexity index is 456. The lowest BCUT2D eigenvalue weighted by Gasteiger charge is -2.21. The van der Waals surface area contributed by atoms with Crippen molar-refractivity contribution >= 4 is 21.6 Å². The molecule has 2 rings (SSSR count). The number of halogens is 1. The second-order valence-corrected chi connectivity index (χ2v) is 6.03. The lowest BCUT2D eigenvalue weighted by molar-refractivity contribution is 0.380. The summed E-state index contributed by atoms with van der Waals surface area (Å²) in [5, 5.41) is 12.3. The van der Waals surface area contributed by atoms with Crippen molar-refractivity contribution in [1.29, 1.82) is 5.26 Å². The predicted octanol–water partition coefficient (Wildman–Crippen LogP) is 4.17. The Balaban J connectivity index is 2.03. The van der Waals surface area contributed by atoms with Crippen molar-refractivity contribution < 1.29 is 0 Å². The summed E-state index contributed by atoms with van der Waals surface area (Å²) in [6.07, 6.45) is 2.65. The molecule has 0 saturated heterocycles. The molecule has 1 aliphatic rings. The van der Waals surface area contributed by atoms with E-state index < -0.39 is 0 Å². The zero-order valence-electron chi connectivity index (χ0n) is 10.3. The van der Waals surface area contributed by atoms with E-state index in [2.05, 4.69) is 41.2 Å². The minimum absolute atomic E-state index is 0.493. The number of anilines is 1. The molecule has 0 heterocycles. The highest BCUT2D eigenvalue weighted by Gasteiger charge is 2.44. The number of nitrogens with zero attached hydrogens (tertiary/aromatic N) is 1. The van der Waals surface area contributed by atoms with E-state index in [0.29, 0.717) is 11.0 Å². The lowest BCUT2D eigenvalue weighted by atomic mass is 9.92. The van der Waals surface area contributed by atoms with E-state index in [-0.39, 0.29) is 0 Å². The summed E-state index contributed by atoms with van der Waals surface area (Å²) in [6.45, 7) is 5.61. The summed E-state index contributed by atoms with van der Waals surface area (Å²) < 4.78 is 0.969. The zero-order valence-corrected chi connectivity index (χ0v) is 11.8. The van der Waals surface area contributed by atoms with Gasteiger partial charge in [0.15, 0.2) is 0 Å². The first-order valence-corrected chi connectivity index (χ1v) is 6.80. The topological polar surface area (TPSA) is 35.8 Å². The van der Waals surface area contributed by atoms with Gasteiger partial charge in [0.25, 0.3) is 0 Å². The summed E-state index contributed by atoms with van der Waals surface area (Å²) in [5.74, 6) is 0.729. The van der Waals surface area contributed by atoms with Crippen LogP contribution in [-0.4, -0.2) is 6.54 Å². The number of nitriles is 1. The van der Waals surface area contributed by atoms with Crippen LogP contribution in [0.1, 0.15) is 32.3 Å². The Labute approximate surface area is 111 Å². The van der Waals surface area contributed by atoms with Crippen LogP contribution in [-0.2, 0) is 0 Å². The van der Waals surface area contributed by atoms with Gasteiger partial charge in [-0.3, -0.25) is 0 Å². The fourth-order valence-corrected chi connectivity index (χ4v) is 2.64. The van der Waals surface area contributed by atoms with E-state index in [1.807, 2.05) is 18.2 Å². The van der Waals surface area contributed by atoms with Crippen molar-refractivity contribution in [3.05, 3.63) is 28.2 Å². The molecule has 1 N–H and O–H groups in total. The number of hydrogen-bond acceptors (Lipinski definition) is 2. The third kappa shape index (κ3) is 2.63. The molecule has 0 spiro atoms. The van der Waals surface area contributed by atoms with Gasteiger partial charge in [-0.1, -0.05) is 13.8 Å². The first-order valence-electron chi connectivity index (χ1n) is 6.01. The molecule has 0 aromatic heterocycles. The van der Waals surface area contributed by atoms with E-state index in [1.54, 1.807) is 0 Å². The maximum absolute atomic E-state index is 8.80. The van der Waals surface area contributed by atoms with Crippen molar-refractivity contribution in [2.45, 2.75) is 26.7 Å². The Kier molecular flexibility index (Phi) is 3.44. The fourth-order valence-electron chi connectivity index (χ4n) is 2.12. The molecule has 17 heavy (non-hydrogen) atoms. The van der Waals surface area contributed by atoms with E-state index in [1.165, 1.54) is 12.8 Å². The van der Waals surface area contributed by atoms with E-state index in [4.69, 9.17) is 5.26 Å². The summed E-state index contributed by atoms with van der Waals surface area (Å²) in [7, 11) is 0. The molecular formula is C14H17BrN2. The molecule has 3 heteroatoms. The molecule has 1 aromatic rings. The summed E-state index contributed by atoms with van der Waals surface area (Å²) >= 11 is 3.50. The van der Waals surface area contributed by atoms with E-state index in [9.17, 15) is 0 Å². The smallest absolute Gasteiger partial charge is 0.0992 e. The van der Waals surface area contributed by atoms with Crippen LogP contribution in [0.5, 0.6) is 0 Å². The highest BCUT2D eigenvalue weighted by Crippen LogP contribution is 2.51. The molecule has 0 amide bonds. The molecule has 1 fully saturated rings. The molecule has 0 aliphatic heterocycles. The van der Waals surface area contributed by atoms with Crippen molar-refractivity contribution in [3.8, 4) is 6.07 Å². The fraction of sp³-hybridized carbons (Fsp3) is 0.500. The zero-order chi connectivity index (χ0) is 12.5. The summed E-state index contributed by atoms with van der Waals surface area (Å²) in [4.78, 5) is 0. The van der Waals surface area contributed by atoms with Gasteiger partial charge in [-0.15, -0.1) is 0 Å². The van der Waals surface area contributed by atoms with Gasteiger partial charge in [0.1, 0.15) is 0 Å². The Morgan fingerprint density at radius 2 is 2.18 bits per heavy atom. The molecule has 1 saturated carbocycles. The quantitative estimate of drug-likeness (QED) is 0.904.